The fourth-order valence-electron chi connectivity index (χ4n) is 2.14. The van der Waals surface area contributed by atoms with Gasteiger partial charge in [0, 0.05) is 5.69 Å². The molecule has 1 aliphatic rings. The second-order valence-corrected chi connectivity index (χ2v) is 6.54. The van der Waals surface area contributed by atoms with Gasteiger partial charge in [-0.15, -0.1) is 0 Å². The van der Waals surface area contributed by atoms with Crippen LogP contribution in [0.3, 0.4) is 0 Å². The molecule has 0 unspecified atom stereocenters. The average molecular weight is 297 g/mol. The topological polar surface area (TPSA) is 95.1 Å². The molecule has 2 rings (SSSR count). The van der Waals surface area contributed by atoms with Gasteiger partial charge in [-0.25, -0.2) is 4.79 Å². The van der Waals surface area contributed by atoms with Gasteiger partial charge in [-0.2, -0.15) is 16.9 Å². The summed E-state index contributed by atoms with van der Waals surface area (Å²) >= 11 is 1.71. The predicted octanol–water partition coefficient (Wildman–Crippen LogP) is 1.61. The molecule has 1 aromatic heterocycles. The van der Waals surface area contributed by atoms with Crippen molar-refractivity contribution in [2.24, 2.45) is 0 Å². The Balaban J connectivity index is 2.13. The van der Waals surface area contributed by atoms with Gasteiger partial charge >= 0.3 is 5.97 Å². The van der Waals surface area contributed by atoms with Crippen LogP contribution in [0.4, 0.5) is 0 Å². The summed E-state index contributed by atoms with van der Waals surface area (Å²) < 4.78 is 0. The smallest absolute Gasteiger partial charge is 0.329 e. The van der Waals surface area contributed by atoms with Crippen LogP contribution in [0, 0.1) is 0 Å². The SMILES string of the molecule is CC(C)c1cc(C(=O)NC2(C(=O)O)CCSCC2)n[nH]1. The lowest BCUT2D eigenvalue weighted by Crippen LogP contribution is -2.56. The van der Waals surface area contributed by atoms with E-state index in [1.165, 1.54) is 0 Å². The Morgan fingerprint density at radius 2 is 2.10 bits per heavy atom. The summed E-state index contributed by atoms with van der Waals surface area (Å²) in [6.07, 6.45) is 0.889. The number of H-pyrrole nitrogens is 1. The maximum Gasteiger partial charge on any atom is 0.329 e. The Labute approximate surface area is 121 Å². The van der Waals surface area contributed by atoms with E-state index in [0.717, 1.165) is 17.2 Å². The molecule has 20 heavy (non-hydrogen) atoms. The summed E-state index contributed by atoms with van der Waals surface area (Å²) in [6, 6.07) is 1.67. The summed E-state index contributed by atoms with van der Waals surface area (Å²) in [4.78, 5) is 23.7. The predicted molar refractivity (Wildman–Crippen MR) is 77.1 cm³/mol. The summed E-state index contributed by atoms with van der Waals surface area (Å²) in [7, 11) is 0. The van der Waals surface area contributed by atoms with Crippen LogP contribution in [0.15, 0.2) is 6.07 Å². The number of carbonyl (C=O) groups excluding carboxylic acids is 1. The van der Waals surface area contributed by atoms with Crippen LogP contribution in [-0.4, -0.2) is 44.2 Å². The molecule has 0 aromatic carbocycles. The summed E-state index contributed by atoms with van der Waals surface area (Å²) in [5.41, 5.74) is -0.0505. The van der Waals surface area contributed by atoms with Crippen LogP contribution in [0.2, 0.25) is 0 Å². The van der Waals surface area contributed by atoms with Crippen molar-refractivity contribution in [3.05, 3.63) is 17.5 Å². The average Bonchev–Trinajstić information content (AvgIpc) is 2.89. The molecule has 0 aliphatic carbocycles. The first-order chi connectivity index (χ1) is 9.44. The van der Waals surface area contributed by atoms with Crippen molar-refractivity contribution in [1.82, 2.24) is 15.5 Å². The lowest BCUT2D eigenvalue weighted by Gasteiger charge is -2.33. The van der Waals surface area contributed by atoms with Gasteiger partial charge in [0.1, 0.15) is 11.2 Å². The van der Waals surface area contributed by atoms with Gasteiger partial charge in [-0.1, -0.05) is 13.8 Å². The minimum atomic E-state index is -1.15. The molecule has 0 spiro atoms. The first kappa shape index (κ1) is 14.9. The zero-order valence-electron chi connectivity index (χ0n) is 11.6. The molecule has 110 valence electrons. The van der Waals surface area contributed by atoms with E-state index in [1.54, 1.807) is 17.8 Å². The first-order valence-electron chi connectivity index (χ1n) is 6.63. The molecule has 1 amide bonds. The van der Waals surface area contributed by atoms with Crippen molar-refractivity contribution < 1.29 is 14.7 Å². The highest BCUT2D eigenvalue weighted by Gasteiger charge is 2.41. The van der Waals surface area contributed by atoms with Crippen molar-refractivity contribution in [1.29, 1.82) is 0 Å². The zero-order chi connectivity index (χ0) is 14.8. The maximum atomic E-state index is 12.2. The van der Waals surface area contributed by atoms with E-state index in [0.29, 0.717) is 12.8 Å². The molecule has 1 aromatic rings. The van der Waals surface area contributed by atoms with Gasteiger partial charge in [0.2, 0.25) is 0 Å². The monoisotopic (exact) mass is 297 g/mol. The highest BCUT2D eigenvalue weighted by atomic mass is 32.2. The molecule has 3 N–H and O–H groups in total. The lowest BCUT2D eigenvalue weighted by molar-refractivity contribution is -0.144. The number of aliphatic carboxylic acids is 1. The van der Waals surface area contributed by atoms with E-state index in [9.17, 15) is 14.7 Å². The molecular weight excluding hydrogens is 278 g/mol. The maximum absolute atomic E-state index is 12.2. The molecule has 1 fully saturated rings. The van der Waals surface area contributed by atoms with Crippen LogP contribution in [0.5, 0.6) is 0 Å². The number of thioether (sulfide) groups is 1. The Kier molecular flexibility index (Phi) is 4.37. The van der Waals surface area contributed by atoms with Crippen molar-refractivity contribution in [3.63, 3.8) is 0 Å². The lowest BCUT2D eigenvalue weighted by atomic mass is 9.92. The zero-order valence-corrected chi connectivity index (χ0v) is 12.4. The molecule has 1 aliphatic heterocycles. The fraction of sp³-hybridized carbons (Fsp3) is 0.615. The normalized spacial score (nSPS) is 17.9. The minimum Gasteiger partial charge on any atom is -0.480 e. The number of rotatable bonds is 4. The third-order valence-corrected chi connectivity index (χ3v) is 4.55. The quantitative estimate of drug-likeness (QED) is 0.785. The number of carboxylic acid groups (broad SMARTS) is 1. The van der Waals surface area contributed by atoms with Crippen molar-refractivity contribution in [3.8, 4) is 0 Å². The number of hydrogen-bond acceptors (Lipinski definition) is 4. The summed E-state index contributed by atoms with van der Waals surface area (Å²) in [5, 5.41) is 18.9. The van der Waals surface area contributed by atoms with Gasteiger partial charge in [0.05, 0.1) is 0 Å². The van der Waals surface area contributed by atoms with Crippen LogP contribution < -0.4 is 5.32 Å². The van der Waals surface area contributed by atoms with Gasteiger partial charge in [0.15, 0.2) is 0 Å². The highest BCUT2D eigenvalue weighted by molar-refractivity contribution is 7.99. The molecule has 6 nitrogen and oxygen atoms in total. The summed E-state index contributed by atoms with van der Waals surface area (Å²) in [6.45, 7) is 3.98. The molecule has 1 saturated heterocycles. The number of nitrogens with zero attached hydrogens (tertiary/aromatic N) is 1. The van der Waals surface area contributed by atoms with E-state index in [4.69, 9.17) is 0 Å². The van der Waals surface area contributed by atoms with E-state index >= 15 is 0 Å². The second-order valence-electron chi connectivity index (χ2n) is 5.32. The van der Waals surface area contributed by atoms with Gasteiger partial charge in [-0.3, -0.25) is 9.89 Å². The number of carbonyl (C=O) groups is 2. The van der Waals surface area contributed by atoms with E-state index in [1.807, 2.05) is 13.8 Å². The minimum absolute atomic E-state index is 0.239. The molecule has 0 saturated carbocycles. The number of nitrogens with one attached hydrogen (secondary N) is 2. The molecule has 0 atom stereocenters. The molecule has 7 heteroatoms. The standard InChI is InChI=1S/C13H19N3O3S/c1-8(2)9-7-10(16-15-9)11(17)14-13(12(18)19)3-5-20-6-4-13/h7-8H,3-6H2,1-2H3,(H,14,17)(H,15,16)(H,18,19). The van der Waals surface area contributed by atoms with Gasteiger partial charge in [0.25, 0.3) is 5.91 Å². The largest absolute Gasteiger partial charge is 0.480 e. The van der Waals surface area contributed by atoms with Crippen LogP contribution >= 0.6 is 11.8 Å². The third-order valence-electron chi connectivity index (χ3n) is 3.56. The van der Waals surface area contributed by atoms with E-state index in [2.05, 4.69) is 15.5 Å². The fourth-order valence-corrected chi connectivity index (χ4v) is 3.33. The Morgan fingerprint density at radius 1 is 1.45 bits per heavy atom. The van der Waals surface area contributed by atoms with Crippen LogP contribution in [0.1, 0.15) is 48.8 Å². The number of hydrogen-bond donors (Lipinski definition) is 3. The van der Waals surface area contributed by atoms with Crippen LogP contribution in [-0.2, 0) is 4.79 Å². The van der Waals surface area contributed by atoms with Crippen LogP contribution in [0.25, 0.3) is 0 Å². The molecular formula is C13H19N3O3S. The number of carboxylic acids is 1. The van der Waals surface area contributed by atoms with E-state index < -0.39 is 17.4 Å². The Bertz CT molecular complexity index is 507. The first-order valence-corrected chi connectivity index (χ1v) is 7.79. The number of aromatic amines is 1. The number of aromatic nitrogens is 2. The van der Waals surface area contributed by atoms with Crippen molar-refractivity contribution in [2.45, 2.75) is 38.1 Å². The summed E-state index contributed by atoms with van der Waals surface area (Å²) in [5.74, 6) is 0.325. The van der Waals surface area contributed by atoms with Crippen molar-refractivity contribution >= 4 is 23.6 Å². The van der Waals surface area contributed by atoms with Gasteiger partial charge in [-0.05, 0) is 36.3 Å². The van der Waals surface area contributed by atoms with Crippen molar-refractivity contribution in [2.75, 3.05) is 11.5 Å². The molecule has 2 heterocycles. The Morgan fingerprint density at radius 3 is 2.60 bits per heavy atom. The number of amides is 1. The van der Waals surface area contributed by atoms with Gasteiger partial charge < -0.3 is 10.4 Å². The third kappa shape index (κ3) is 2.98. The molecule has 0 bridgehead atoms. The second kappa shape index (κ2) is 5.87. The Hall–Kier alpha value is -1.50. The highest BCUT2D eigenvalue weighted by Crippen LogP contribution is 2.27. The van der Waals surface area contributed by atoms with E-state index in [-0.39, 0.29) is 11.6 Å². The molecule has 0 radical (unpaired) electrons.